The zero-order chi connectivity index (χ0) is 26.0. The van der Waals surface area contributed by atoms with Crippen molar-refractivity contribution in [1.29, 1.82) is 0 Å². The van der Waals surface area contributed by atoms with E-state index in [0.29, 0.717) is 41.0 Å². The van der Waals surface area contributed by atoms with Gasteiger partial charge in [0.1, 0.15) is 11.6 Å². The van der Waals surface area contributed by atoms with Gasteiger partial charge in [0.2, 0.25) is 10.0 Å². The lowest BCUT2D eigenvalue weighted by Gasteiger charge is -2.39. The summed E-state index contributed by atoms with van der Waals surface area (Å²) in [5.74, 6) is -2.41. The highest BCUT2D eigenvalue weighted by molar-refractivity contribution is 7.93. The van der Waals surface area contributed by atoms with Gasteiger partial charge in [0.05, 0.1) is 35.3 Å². The first kappa shape index (κ1) is 24.4. The Hall–Kier alpha value is -2.95. The van der Waals surface area contributed by atoms with Crippen molar-refractivity contribution in [2.45, 2.75) is 56.6 Å². The Morgan fingerprint density at radius 1 is 1.03 bits per heavy atom. The highest BCUT2D eigenvalue weighted by atomic mass is 32.2. The van der Waals surface area contributed by atoms with Crippen LogP contribution in [0.3, 0.4) is 0 Å². The molecule has 1 aromatic carbocycles. The lowest BCUT2D eigenvalue weighted by Crippen LogP contribution is -2.56. The Labute approximate surface area is 215 Å². The summed E-state index contributed by atoms with van der Waals surface area (Å²) >= 11 is 0. The number of carbonyl (C=O) groups is 1. The number of carbonyl (C=O) groups excluding carboxylic acids is 1. The number of anilines is 4. The van der Waals surface area contributed by atoms with Crippen LogP contribution in [0.2, 0.25) is 0 Å². The van der Waals surface area contributed by atoms with E-state index in [0.717, 1.165) is 31.5 Å². The van der Waals surface area contributed by atoms with E-state index in [9.17, 15) is 22.0 Å². The van der Waals surface area contributed by atoms with Gasteiger partial charge in [0, 0.05) is 13.1 Å². The molecule has 4 aliphatic rings. The van der Waals surface area contributed by atoms with Crippen LogP contribution in [0.25, 0.3) is 0 Å². The second kappa shape index (κ2) is 8.54. The van der Waals surface area contributed by atoms with E-state index in [1.807, 2.05) is 6.92 Å². The minimum atomic E-state index is -3.44. The number of benzene rings is 1. The van der Waals surface area contributed by atoms with Crippen molar-refractivity contribution in [3.8, 4) is 0 Å². The second-order valence-corrected chi connectivity index (χ2v) is 13.1. The van der Waals surface area contributed by atoms with Gasteiger partial charge in [-0.05, 0) is 86.8 Å². The van der Waals surface area contributed by atoms with Crippen LogP contribution in [-0.4, -0.2) is 56.7 Å². The number of hydrogen-bond acceptors (Lipinski definition) is 6. The molecule has 0 radical (unpaired) electrons. The van der Waals surface area contributed by atoms with Crippen molar-refractivity contribution in [2.75, 3.05) is 46.0 Å². The summed E-state index contributed by atoms with van der Waals surface area (Å²) < 4.78 is 54.5. The fourth-order valence-corrected chi connectivity index (χ4v) is 6.69. The van der Waals surface area contributed by atoms with Crippen molar-refractivity contribution in [1.82, 2.24) is 4.98 Å². The third-order valence-corrected chi connectivity index (χ3v) is 9.82. The maximum Gasteiger partial charge on any atom is 0.282 e. The number of rotatable bonds is 7. The molecule has 1 aromatic heterocycles. The number of hydrogen-bond donors (Lipinski definition) is 2. The quantitative estimate of drug-likeness (QED) is 0.551. The molecule has 2 saturated heterocycles. The van der Waals surface area contributed by atoms with Crippen molar-refractivity contribution in [3.05, 3.63) is 41.5 Å². The van der Waals surface area contributed by atoms with Crippen LogP contribution < -0.4 is 19.8 Å². The van der Waals surface area contributed by atoms with Gasteiger partial charge in [-0.2, -0.15) is 0 Å². The third-order valence-electron chi connectivity index (χ3n) is 7.95. The molecule has 1 amide bonds. The Bertz CT molecular complexity index is 1340. The number of nitrogens with one attached hydrogen (secondary N) is 2. The van der Waals surface area contributed by atoms with E-state index < -0.39 is 29.0 Å². The van der Waals surface area contributed by atoms with Gasteiger partial charge in [-0.25, -0.2) is 22.2 Å². The van der Waals surface area contributed by atoms with Crippen LogP contribution in [-0.2, 0) is 10.0 Å². The molecule has 2 N–H and O–H groups in total. The first-order valence-electron chi connectivity index (χ1n) is 12.8. The normalized spacial score (nSPS) is 21.9. The molecule has 4 fully saturated rings. The smallest absolute Gasteiger partial charge is 0.282 e. The van der Waals surface area contributed by atoms with Crippen LogP contribution in [0.5, 0.6) is 0 Å². The first-order chi connectivity index (χ1) is 17.5. The highest BCUT2D eigenvalue weighted by Crippen LogP contribution is 2.54. The lowest BCUT2D eigenvalue weighted by atomic mass is 9.93. The fraction of sp³-hybridized carbons (Fsp3) is 0.538. The molecule has 0 unspecified atom stereocenters. The molecule has 1 spiro atoms. The Kier molecular flexibility index (Phi) is 5.63. The number of sulfonamides is 1. The van der Waals surface area contributed by atoms with Gasteiger partial charge in [-0.15, -0.1) is 0 Å². The molecular formula is C26H31F2N5O3S. The zero-order valence-corrected chi connectivity index (χ0v) is 21.6. The number of pyridine rings is 1. The van der Waals surface area contributed by atoms with Crippen LogP contribution in [0.4, 0.5) is 31.8 Å². The molecule has 198 valence electrons. The van der Waals surface area contributed by atoms with Gasteiger partial charge in [0.25, 0.3) is 11.8 Å². The second-order valence-electron chi connectivity index (χ2n) is 11.1. The van der Waals surface area contributed by atoms with E-state index in [1.54, 1.807) is 30.3 Å². The number of piperidine rings is 1. The lowest BCUT2D eigenvalue weighted by molar-refractivity contribution is -0.0267. The van der Waals surface area contributed by atoms with Gasteiger partial charge >= 0.3 is 0 Å². The van der Waals surface area contributed by atoms with Crippen LogP contribution >= 0.6 is 0 Å². The average molecular weight is 532 g/mol. The monoisotopic (exact) mass is 531 g/mol. The largest absolute Gasteiger partial charge is 0.371 e. The van der Waals surface area contributed by atoms with Crippen LogP contribution in [0.15, 0.2) is 30.3 Å². The van der Waals surface area contributed by atoms with Gasteiger partial charge in [-0.3, -0.25) is 9.52 Å². The summed E-state index contributed by atoms with van der Waals surface area (Å²) in [7, 11) is -3.44. The van der Waals surface area contributed by atoms with E-state index in [1.165, 1.54) is 17.7 Å². The van der Waals surface area contributed by atoms with Crippen molar-refractivity contribution in [2.24, 2.45) is 5.41 Å². The molecule has 37 heavy (non-hydrogen) atoms. The molecule has 6 rings (SSSR count). The number of aromatic nitrogens is 1. The molecule has 2 aromatic rings. The van der Waals surface area contributed by atoms with Gasteiger partial charge in [0.15, 0.2) is 0 Å². The van der Waals surface area contributed by atoms with E-state index in [-0.39, 0.29) is 17.0 Å². The minimum absolute atomic E-state index is 0.287. The van der Waals surface area contributed by atoms with Crippen molar-refractivity contribution < 1.29 is 22.0 Å². The van der Waals surface area contributed by atoms with E-state index in [4.69, 9.17) is 0 Å². The van der Waals surface area contributed by atoms with Crippen LogP contribution in [0.1, 0.15) is 54.4 Å². The summed E-state index contributed by atoms with van der Waals surface area (Å²) in [4.78, 5) is 21.5. The standard InChI is InChI=1S/C26H31F2N5O3S/c1-17-12-22(29-23(13-17)33-15-26(27,28)16-33)30-24(34)20-5-2-18(31-37(35,36)19-3-4-19)14-21(20)32-10-8-25(6-7-25)9-11-32/h2,5,12-14,19,31H,3-4,6-11,15-16H2,1H3,(H,29,30,34). The summed E-state index contributed by atoms with van der Waals surface area (Å²) in [6.45, 7) is 2.64. The molecule has 2 aliphatic heterocycles. The van der Waals surface area contributed by atoms with Crippen molar-refractivity contribution in [3.63, 3.8) is 0 Å². The zero-order valence-electron chi connectivity index (χ0n) is 20.8. The molecule has 0 atom stereocenters. The topological polar surface area (TPSA) is 94.6 Å². The van der Waals surface area contributed by atoms with Crippen molar-refractivity contribution >= 4 is 38.9 Å². The molecule has 11 heteroatoms. The Morgan fingerprint density at radius 3 is 2.35 bits per heavy atom. The van der Waals surface area contributed by atoms with Gasteiger partial charge < -0.3 is 15.1 Å². The summed E-state index contributed by atoms with van der Waals surface area (Å²) in [6.07, 6.45) is 5.93. The molecule has 2 saturated carbocycles. The SMILES string of the molecule is Cc1cc(NC(=O)c2ccc(NS(=O)(=O)C3CC3)cc2N2CCC3(CC2)CC3)nc(N2CC(F)(F)C2)c1. The number of amides is 1. The molecule has 3 heterocycles. The number of alkyl halides is 2. The predicted molar refractivity (Wildman–Crippen MR) is 139 cm³/mol. The van der Waals surface area contributed by atoms with E-state index in [2.05, 4.69) is 19.9 Å². The van der Waals surface area contributed by atoms with Gasteiger partial charge in [-0.1, -0.05) is 0 Å². The number of halogens is 2. The van der Waals surface area contributed by atoms with Crippen LogP contribution in [0, 0.1) is 12.3 Å². The number of nitrogens with zero attached hydrogens (tertiary/aromatic N) is 3. The summed E-state index contributed by atoms with van der Waals surface area (Å²) in [5, 5.41) is 2.49. The molecule has 2 aliphatic carbocycles. The number of aryl methyl sites for hydroxylation is 1. The average Bonchev–Trinajstić information content (AvgIpc) is 3.73. The molecule has 8 nitrogen and oxygen atoms in total. The first-order valence-corrected chi connectivity index (χ1v) is 14.4. The Balaban J connectivity index is 1.26. The van der Waals surface area contributed by atoms with E-state index >= 15 is 0 Å². The molecular weight excluding hydrogens is 500 g/mol. The Morgan fingerprint density at radius 2 is 1.73 bits per heavy atom. The summed E-state index contributed by atoms with van der Waals surface area (Å²) in [6, 6.07) is 8.43. The highest BCUT2D eigenvalue weighted by Gasteiger charge is 2.45. The summed E-state index contributed by atoms with van der Waals surface area (Å²) in [5.41, 5.74) is 2.78. The maximum absolute atomic E-state index is 13.5. The minimum Gasteiger partial charge on any atom is -0.371 e. The fourth-order valence-electron chi connectivity index (χ4n) is 5.31. The maximum atomic E-state index is 13.5. The third kappa shape index (κ3) is 5.10. The predicted octanol–water partition coefficient (Wildman–Crippen LogP) is 4.38. The molecule has 0 bridgehead atoms.